The molecule has 0 saturated heterocycles. The number of nitrogens with zero attached hydrogens (tertiary/aromatic N) is 2. The van der Waals surface area contributed by atoms with Crippen LogP contribution in [0.1, 0.15) is 32.3 Å². The van der Waals surface area contributed by atoms with Crippen LogP contribution in [-0.4, -0.2) is 49.5 Å². The minimum Gasteiger partial charge on any atom is -0.465 e. The fraction of sp³-hybridized carbons (Fsp3) is 0.450. The van der Waals surface area contributed by atoms with Crippen LogP contribution in [0.2, 0.25) is 0 Å². The fourth-order valence-corrected chi connectivity index (χ4v) is 2.73. The number of ether oxygens (including phenoxy) is 3. The molecule has 1 atom stereocenters. The van der Waals surface area contributed by atoms with Crippen LogP contribution in [-0.2, 0) is 23.8 Å². The molecule has 0 spiro atoms. The van der Waals surface area contributed by atoms with Crippen molar-refractivity contribution in [3.8, 4) is 0 Å². The summed E-state index contributed by atoms with van der Waals surface area (Å²) >= 11 is 0. The minimum atomic E-state index is -0.726. The van der Waals surface area contributed by atoms with Gasteiger partial charge in [-0.15, -0.1) is 0 Å². The molecular weight excluding hydrogens is 380 g/mol. The normalized spacial score (nSPS) is 15.9. The first kappa shape index (κ1) is 22.2. The lowest BCUT2D eigenvalue weighted by Crippen LogP contribution is -2.25. The number of non-ortho nitro benzene ring substituents is 1. The van der Waals surface area contributed by atoms with E-state index in [0.29, 0.717) is 12.2 Å². The van der Waals surface area contributed by atoms with Crippen molar-refractivity contribution in [2.24, 2.45) is 10.9 Å². The molecule has 9 nitrogen and oxygen atoms in total. The number of hydrogen-bond acceptors (Lipinski definition) is 8. The van der Waals surface area contributed by atoms with Crippen LogP contribution in [0.4, 0.5) is 5.69 Å². The molecule has 0 aromatic heterocycles. The second-order valence-electron chi connectivity index (χ2n) is 6.22. The number of carbonyl (C=O) groups excluding carboxylic acids is 2. The molecule has 0 amide bonds. The zero-order chi connectivity index (χ0) is 21.2. The van der Waals surface area contributed by atoms with Gasteiger partial charge in [-0.3, -0.25) is 19.9 Å². The number of esters is 2. The predicted octanol–water partition coefficient (Wildman–Crippen LogP) is 2.93. The van der Waals surface area contributed by atoms with E-state index in [1.165, 1.54) is 24.4 Å². The zero-order valence-corrected chi connectivity index (χ0v) is 16.5. The van der Waals surface area contributed by atoms with Gasteiger partial charge >= 0.3 is 11.9 Å². The summed E-state index contributed by atoms with van der Waals surface area (Å²) in [7, 11) is 0. The van der Waals surface area contributed by atoms with Gasteiger partial charge in [0.2, 0.25) is 0 Å². The first-order chi connectivity index (χ1) is 14.0. The molecule has 1 aliphatic rings. The molecule has 0 radical (unpaired) electrons. The van der Waals surface area contributed by atoms with Crippen molar-refractivity contribution in [2.75, 3.05) is 26.4 Å². The van der Waals surface area contributed by atoms with E-state index in [2.05, 4.69) is 4.99 Å². The van der Waals surface area contributed by atoms with Crippen molar-refractivity contribution in [3.63, 3.8) is 0 Å². The Morgan fingerprint density at radius 2 is 2.00 bits per heavy atom. The van der Waals surface area contributed by atoms with E-state index >= 15 is 0 Å². The average Bonchev–Trinajstić information content (AvgIpc) is 2.73. The average molecular weight is 404 g/mol. The Hall–Kier alpha value is -3.07. The molecule has 0 N–H and O–H groups in total. The molecule has 9 heteroatoms. The van der Waals surface area contributed by atoms with Gasteiger partial charge < -0.3 is 14.2 Å². The largest absolute Gasteiger partial charge is 0.465 e. The SMILES string of the molecule is CCCOCCOC(=O)C1=C(c2cccc([N+](=O)[O-])c2)N=CC(C(=O)OCC)C1. The highest BCUT2D eigenvalue weighted by Crippen LogP contribution is 2.31. The molecule has 1 heterocycles. The minimum absolute atomic E-state index is 0.0367. The van der Waals surface area contributed by atoms with Gasteiger partial charge in [0.1, 0.15) is 6.61 Å². The summed E-state index contributed by atoms with van der Waals surface area (Å²) in [6.07, 6.45) is 2.29. The number of nitro groups is 1. The van der Waals surface area contributed by atoms with E-state index in [1.54, 1.807) is 13.0 Å². The van der Waals surface area contributed by atoms with Gasteiger partial charge in [0.15, 0.2) is 0 Å². The molecule has 0 bridgehead atoms. The van der Waals surface area contributed by atoms with Crippen LogP contribution in [0.3, 0.4) is 0 Å². The summed E-state index contributed by atoms with van der Waals surface area (Å²) in [6.45, 7) is 4.74. The molecular formula is C20H24N2O7. The first-order valence-corrected chi connectivity index (χ1v) is 9.41. The Morgan fingerprint density at radius 1 is 1.21 bits per heavy atom. The molecule has 29 heavy (non-hydrogen) atoms. The Balaban J connectivity index is 2.28. The first-order valence-electron chi connectivity index (χ1n) is 9.41. The van der Waals surface area contributed by atoms with Gasteiger partial charge in [-0.2, -0.15) is 0 Å². The van der Waals surface area contributed by atoms with E-state index in [1.807, 2.05) is 6.92 Å². The van der Waals surface area contributed by atoms with Crippen molar-refractivity contribution in [1.29, 1.82) is 0 Å². The number of hydrogen-bond donors (Lipinski definition) is 0. The lowest BCUT2D eigenvalue weighted by Gasteiger charge is -2.20. The second-order valence-corrected chi connectivity index (χ2v) is 6.22. The quantitative estimate of drug-likeness (QED) is 0.255. The van der Waals surface area contributed by atoms with E-state index < -0.39 is 22.8 Å². The highest BCUT2D eigenvalue weighted by atomic mass is 16.6. The molecule has 0 saturated carbocycles. The van der Waals surface area contributed by atoms with Crippen LogP contribution < -0.4 is 0 Å². The lowest BCUT2D eigenvalue weighted by molar-refractivity contribution is -0.384. The molecule has 1 aromatic carbocycles. The van der Waals surface area contributed by atoms with Crippen molar-refractivity contribution in [2.45, 2.75) is 26.7 Å². The summed E-state index contributed by atoms with van der Waals surface area (Å²) in [6, 6.07) is 5.80. The molecule has 0 fully saturated rings. The van der Waals surface area contributed by atoms with Gasteiger partial charge in [-0.25, -0.2) is 4.79 Å². The molecule has 1 unspecified atom stereocenters. The Morgan fingerprint density at radius 3 is 2.69 bits per heavy atom. The van der Waals surface area contributed by atoms with E-state index in [0.717, 1.165) is 6.42 Å². The molecule has 1 aromatic rings. The number of benzene rings is 1. The molecule has 1 aliphatic heterocycles. The standard InChI is InChI=1S/C20H24N2O7/c1-3-8-27-9-10-29-20(24)17-12-15(19(23)28-4-2)13-21-18(17)14-6-5-7-16(11-14)22(25)26/h5-7,11,13,15H,3-4,8-10,12H2,1-2H3. The third kappa shape index (κ3) is 6.21. The van der Waals surface area contributed by atoms with Gasteiger partial charge in [0.25, 0.3) is 5.69 Å². The number of nitro benzene ring substituents is 1. The summed E-state index contributed by atoms with van der Waals surface area (Å²) in [5, 5.41) is 11.1. The van der Waals surface area contributed by atoms with Crippen molar-refractivity contribution in [1.82, 2.24) is 0 Å². The predicted molar refractivity (Wildman–Crippen MR) is 105 cm³/mol. The molecule has 156 valence electrons. The van der Waals surface area contributed by atoms with Crippen molar-refractivity contribution >= 4 is 29.5 Å². The van der Waals surface area contributed by atoms with Gasteiger partial charge in [-0.1, -0.05) is 19.1 Å². The van der Waals surface area contributed by atoms with Crippen molar-refractivity contribution < 1.29 is 28.7 Å². The van der Waals surface area contributed by atoms with E-state index in [-0.39, 0.29) is 43.2 Å². The highest BCUT2D eigenvalue weighted by Gasteiger charge is 2.30. The fourth-order valence-electron chi connectivity index (χ4n) is 2.73. The Labute approximate surface area is 168 Å². The third-order valence-electron chi connectivity index (χ3n) is 4.07. The van der Waals surface area contributed by atoms with Crippen LogP contribution in [0.5, 0.6) is 0 Å². The zero-order valence-electron chi connectivity index (χ0n) is 16.5. The molecule has 2 rings (SSSR count). The van der Waals surface area contributed by atoms with Gasteiger partial charge in [-0.05, 0) is 19.8 Å². The number of aliphatic imine (C=N–C) groups is 1. The lowest BCUT2D eigenvalue weighted by atomic mass is 9.93. The second kappa shape index (κ2) is 11.1. The number of rotatable bonds is 10. The Bertz CT molecular complexity index is 817. The summed E-state index contributed by atoms with van der Waals surface area (Å²) in [5.74, 6) is -1.86. The van der Waals surface area contributed by atoms with Crippen LogP contribution in [0.15, 0.2) is 34.8 Å². The number of carbonyl (C=O) groups is 2. The smallest absolute Gasteiger partial charge is 0.336 e. The van der Waals surface area contributed by atoms with Crippen LogP contribution in [0.25, 0.3) is 5.70 Å². The highest BCUT2D eigenvalue weighted by molar-refractivity contribution is 6.04. The molecule has 0 aliphatic carbocycles. The van der Waals surface area contributed by atoms with Crippen LogP contribution in [0, 0.1) is 16.0 Å². The van der Waals surface area contributed by atoms with Gasteiger partial charge in [0, 0.05) is 30.5 Å². The summed E-state index contributed by atoms with van der Waals surface area (Å²) in [4.78, 5) is 39.5. The maximum Gasteiger partial charge on any atom is 0.336 e. The maximum absolute atomic E-state index is 12.7. The Kier molecular flexibility index (Phi) is 8.47. The van der Waals surface area contributed by atoms with Crippen LogP contribution >= 0.6 is 0 Å². The van der Waals surface area contributed by atoms with E-state index in [9.17, 15) is 19.7 Å². The van der Waals surface area contributed by atoms with E-state index in [4.69, 9.17) is 14.2 Å². The summed E-state index contributed by atoms with van der Waals surface area (Å²) in [5.41, 5.74) is 0.681. The topological polar surface area (TPSA) is 117 Å². The third-order valence-corrected chi connectivity index (χ3v) is 4.07. The monoisotopic (exact) mass is 404 g/mol. The maximum atomic E-state index is 12.7. The van der Waals surface area contributed by atoms with Gasteiger partial charge in [0.05, 0.1) is 35.3 Å². The summed E-state index contributed by atoms with van der Waals surface area (Å²) < 4.78 is 15.6. The van der Waals surface area contributed by atoms with Crippen molar-refractivity contribution in [3.05, 3.63) is 45.5 Å².